The zero-order chi connectivity index (χ0) is 26.4. The molecule has 198 valence electrons. The fraction of sp³-hybridized carbons (Fsp3) is 0.750. The van der Waals surface area contributed by atoms with Crippen molar-refractivity contribution in [2.75, 3.05) is 20.2 Å². The molecule has 0 bridgehead atoms. The summed E-state index contributed by atoms with van der Waals surface area (Å²) >= 11 is 0. The molecule has 14 nitrogen and oxygen atoms in total. The number of hydrogen-bond acceptors (Lipinski definition) is 12. The van der Waals surface area contributed by atoms with Crippen LogP contribution in [0.25, 0.3) is 0 Å². The Labute approximate surface area is 202 Å². The van der Waals surface area contributed by atoms with Gasteiger partial charge in [-0.05, 0) is 54.4 Å². The standard InChI is InChI=1S/C20H32N3O11P/c1-19(2,3)16(25)29-11-32-35(28,33-12-30-17(26)20(4,5)6)31-10-13-7-8-15(34-13)23-18(27)22-14(24)9-21-23/h9,13,15,28H,7-8,10-12H2,1-6H3/p+1. The molecule has 0 saturated carbocycles. The molecule has 2 heterocycles. The van der Waals surface area contributed by atoms with Gasteiger partial charge in [-0.1, -0.05) is 0 Å². The third-order valence-electron chi connectivity index (χ3n) is 4.56. The number of hydrogen-bond donors (Lipinski definition) is 2. The first kappa shape index (κ1) is 29.0. The number of aromatic amines is 1. The lowest BCUT2D eigenvalue weighted by Crippen LogP contribution is -2.34. The largest absolute Gasteiger partial charge is 0.579 e. The number of H-pyrrole nitrogens is 1. The zero-order valence-electron chi connectivity index (χ0n) is 20.6. The number of carbonyl (C=O) groups is 2. The summed E-state index contributed by atoms with van der Waals surface area (Å²) in [4.78, 5) is 59.9. The van der Waals surface area contributed by atoms with Crippen molar-refractivity contribution in [3.63, 3.8) is 0 Å². The van der Waals surface area contributed by atoms with Gasteiger partial charge in [-0.25, -0.2) is 4.79 Å². The van der Waals surface area contributed by atoms with Gasteiger partial charge in [0.25, 0.3) is 5.56 Å². The van der Waals surface area contributed by atoms with E-state index in [2.05, 4.69) is 10.1 Å². The van der Waals surface area contributed by atoms with Crippen LogP contribution in [-0.4, -0.2) is 57.9 Å². The summed E-state index contributed by atoms with van der Waals surface area (Å²) in [6, 6.07) is 0. The van der Waals surface area contributed by atoms with Gasteiger partial charge in [0.2, 0.25) is 13.6 Å². The van der Waals surface area contributed by atoms with Crippen LogP contribution in [0.5, 0.6) is 0 Å². The summed E-state index contributed by atoms with van der Waals surface area (Å²) in [5.41, 5.74) is -2.96. The Hall–Kier alpha value is -2.22. The highest BCUT2D eigenvalue weighted by Crippen LogP contribution is 2.58. The third kappa shape index (κ3) is 9.06. The van der Waals surface area contributed by atoms with Crippen LogP contribution in [0.1, 0.15) is 60.6 Å². The lowest BCUT2D eigenvalue weighted by atomic mass is 9.98. The van der Waals surface area contributed by atoms with Crippen LogP contribution >= 0.6 is 8.17 Å². The molecule has 0 aromatic carbocycles. The monoisotopic (exact) mass is 522 g/mol. The molecule has 2 N–H and O–H groups in total. The molecule has 2 atom stereocenters. The lowest BCUT2D eigenvalue weighted by Gasteiger charge is -2.20. The number of rotatable bonds is 10. The summed E-state index contributed by atoms with van der Waals surface area (Å²) in [7, 11) is -4.11. The Balaban J connectivity index is 1.97. The molecule has 2 rings (SSSR count). The van der Waals surface area contributed by atoms with Gasteiger partial charge in [-0.3, -0.25) is 19.4 Å². The summed E-state index contributed by atoms with van der Waals surface area (Å²) in [5, 5.41) is 3.76. The number of aromatic nitrogens is 3. The van der Waals surface area contributed by atoms with Gasteiger partial charge >= 0.3 is 25.8 Å². The second-order valence-electron chi connectivity index (χ2n) is 9.80. The lowest BCUT2D eigenvalue weighted by molar-refractivity contribution is -0.165. The van der Waals surface area contributed by atoms with Crippen molar-refractivity contribution >= 4 is 20.1 Å². The van der Waals surface area contributed by atoms with Crippen molar-refractivity contribution in [2.24, 2.45) is 10.8 Å². The Morgan fingerprint density at radius 2 is 1.60 bits per heavy atom. The van der Waals surface area contributed by atoms with Crippen LogP contribution in [-0.2, 0) is 37.4 Å². The van der Waals surface area contributed by atoms with Crippen molar-refractivity contribution in [1.29, 1.82) is 0 Å². The average Bonchev–Trinajstić information content (AvgIpc) is 3.19. The van der Waals surface area contributed by atoms with Crippen molar-refractivity contribution in [3.8, 4) is 0 Å². The van der Waals surface area contributed by atoms with Crippen molar-refractivity contribution < 1.29 is 42.3 Å². The smallest absolute Gasteiger partial charge is 0.433 e. The molecule has 2 unspecified atom stereocenters. The van der Waals surface area contributed by atoms with E-state index in [1.54, 1.807) is 41.5 Å². The van der Waals surface area contributed by atoms with E-state index in [1.807, 2.05) is 0 Å². The molecule has 0 spiro atoms. The highest BCUT2D eigenvalue weighted by Gasteiger charge is 2.48. The minimum Gasteiger partial charge on any atom is -0.433 e. The number of nitrogens with one attached hydrogen (secondary N) is 1. The highest BCUT2D eigenvalue weighted by atomic mass is 31.2. The Morgan fingerprint density at radius 1 is 1.06 bits per heavy atom. The van der Waals surface area contributed by atoms with E-state index in [0.29, 0.717) is 12.8 Å². The van der Waals surface area contributed by atoms with Crippen LogP contribution in [0, 0.1) is 10.8 Å². The normalized spacial score (nSPS) is 18.9. The van der Waals surface area contributed by atoms with E-state index in [9.17, 15) is 24.1 Å². The van der Waals surface area contributed by atoms with Crippen LogP contribution in [0.2, 0.25) is 0 Å². The van der Waals surface area contributed by atoms with Gasteiger partial charge in [0.15, 0.2) is 6.23 Å². The van der Waals surface area contributed by atoms with E-state index < -0.39 is 68.1 Å². The first-order valence-corrected chi connectivity index (χ1v) is 12.3. The van der Waals surface area contributed by atoms with E-state index in [0.717, 1.165) is 10.9 Å². The molecule has 1 aromatic rings. The molecule has 1 fully saturated rings. The zero-order valence-corrected chi connectivity index (χ0v) is 21.5. The first-order valence-electron chi connectivity index (χ1n) is 10.8. The van der Waals surface area contributed by atoms with E-state index >= 15 is 0 Å². The number of ether oxygens (including phenoxy) is 3. The molecule has 1 aromatic heterocycles. The highest BCUT2D eigenvalue weighted by molar-refractivity contribution is 7.55. The minimum absolute atomic E-state index is 0.223. The average molecular weight is 522 g/mol. The van der Waals surface area contributed by atoms with Crippen LogP contribution in [0.4, 0.5) is 0 Å². The summed E-state index contributed by atoms with van der Waals surface area (Å²) in [5.74, 6) is -1.16. The van der Waals surface area contributed by atoms with Gasteiger partial charge < -0.3 is 14.2 Å². The fourth-order valence-corrected chi connectivity index (χ4v) is 3.52. The van der Waals surface area contributed by atoms with Gasteiger partial charge in [0.1, 0.15) is 12.8 Å². The van der Waals surface area contributed by atoms with Gasteiger partial charge in [0, 0.05) is 0 Å². The van der Waals surface area contributed by atoms with E-state index in [1.165, 1.54) is 0 Å². The Morgan fingerprint density at radius 3 is 2.09 bits per heavy atom. The molecule has 15 heteroatoms. The maximum Gasteiger partial charge on any atom is 0.579 e. The molecule has 35 heavy (non-hydrogen) atoms. The molecular weight excluding hydrogens is 489 g/mol. The minimum atomic E-state index is -4.11. The number of carbonyl (C=O) groups excluding carboxylic acids is 2. The van der Waals surface area contributed by atoms with Crippen LogP contribution in [0.3, 0.4) is 0 Å². The van der Waals surface area contributed by atoms with Crippen molar-refractivity contribution in [2.45, 2.75) is 66.7 Å². The van der Waals surface area contributed by atoms with Crippen molar-refractivity contribution in [3.05, 3.63) is 27.0 Å². The molecule has 1 aliphatic rings. The summed E-state index contributed by atoms with van der Waals surface area (Å²) in [6.45, 7) is 8.31. The van der Waals surface area contributed by atoms with Crippen LogP contribution < -0.4 is 11.2 Å². The molecule has 0 aliphatic carbocycles. The Kier molecular flexibility index (Phi) is 9.68. The topological polar surface area (TPSA) is 178 Å². The second-order valence-corrected chi connectivity index (χ2v) is 11.5. The van der Waals surface area contributed by atoms with Gasteiger partial charge in [-0.15, -0.1) is 9.05 Å². The molecule has 0 radical (unpaired) electrons. The second kappa shape index (κ2) is 11.7. The molecule has 0 amide bonds. The molecule has 1 aliphatic heterocycles. The van der Waals surface area contributed by atoms with E-state index in [-0.39, 0.29) is 6.61 Å². The predicted molar refractivity (Wildman–Crippen MR) is 120 cm³/mol. The first-order chi connectivity index (χ1) is 16.1. The SMILES string of the molecule is CC(C)(C)C(=O)OCO[P+](O)(OCOC(=O)C(C)(C)C)OCC1CCC(n2ncc(=O)[nH]c2=O)O1. The third-order valence-corrected chi connectivity index (χ3v) is 5.89. The fourth-order valence-electron chi connectivity index (χ4n) is 2.57. The number of esters is 2. The van der Waals surface area contributed by atoms with Crippen molar-refractivity contribution in [1.82, 2.24) is 14.8 Å². The van der Waals surface area contributed by atoms with Crippen LogP contribution in [0.15, 0.2) is 15.8 Å². The predicted octanol–water partition coefficient (Wildman–Crippen LogP) is 1.42. The van der Waals surface area contributed by atoms with E-state index in [4.69, 9.17) is 27.8 Å². The quantitative estimate of drug-likeness (QED) is 0.257. The summed E-state index contributed by atoms with van der Waals surface area (Å²) in [6.07, 6.45) is 0.432. The molecule has 1 saturated heterocycles. The van der Waals surface area contributed by atoms with Gasteiger partial charge in [-0.2, -0.15) is 19.2 Å². The summed E-state index contributed by atoms with van der Waals surface area (Å²) < 4.78 is 32.5. The number of nitrogens with zero attached hydrogens (tertiary/aromatic N) is 2. The van der Waals surface area contributed by atoms with Gasteiger partial charge in [0.05, 0.1) is 16.9 Å². The maximum atomic E-state index is 12.0. The Bertz CT molecular complexity index is 964. The molecular formula is C20H33N3O11P+. The maximum absolute atomic E-state index is 12.0.